The Labute approximate surface area is 108 Å². The van der Waals surface area contributed by atoms with Crippen molar-refractivity contribution in [2.45, 2.75) is 26.0 Å². The smallest absolute Gasteiger partial charge is 0.0897 e. The standard InChI is InChI=1S/C13H20ClNO2/c1-3-17-9-11(16)8-15-10(2)12-6-4-5-7-13(12)14/h4-7,10-11,15-16H,3,8-9H2,1-2H3/t10-,11?/m0/s1. The number of benzene rings is 1. The highest BCUT2D eigenvalue weighted by Gasteiger charge is 2.10. The quantitative estimate of drug-likeness (QED) is 0.788. The highest BCUT2D eigenvalue weighted by atomic mass is 35.5. The number of aliphatic hydroxyl groups excluding tert-OH is 1. The van der Waals surface area contributed by atoms with Crippen molar-refractivity contribution in [3.8, 4) is 0 Å². The van der Waals surface area contributed by atoms with E-state index in [-0.39, 0.29) is 6.04 Å². The molecular formula is C13H20ClNO2. The second kappa shape index (κ2) is 7.67. The molecule has 0 aliphatic rings. The van der Waals surface area contributed by atoms with E-state index in [0.717, 1.165) is 10.6 Å². The predicted molar refractivity (Wildman–Crippen MR) is 70.4 cm³/mol. The molecule has 1 aromatic carbocycles. The van der Waals surface area contributed by atoms with E-state index in [2.05, 4.69) is 5.32 Å². The van der Waals surface area contributed by atoms with Crippen molar-refractivity contribution in [1.82, 2.24) is 5.32 Å². The number of rotatable bonds is 7. The average Bonchev–Trinajstić information content (AvgIpc) is 2.34. The van der Waals surface area contributed by atoms with Crippen LogP contribution in [0.5, 0.6) is 0 Å². The molecule has 1 unspecified atom stereocenters. The van der Waals surface area contributed by atoms with E-state index in [9.17, 15) is 5.11 Å². The van der Waals surface area contributed by atoms with Crippen LogP contribution >= 0.6 is 11.6 Å². The molecule has 0 bridgehead atoms. The van der Waals surface area contributed by atoms with Gasteiger partial charge in [-0.15, -0.1) is 0 Å². The summed E-state index contributed by atoms with van der Waals surface area (Å²) >= 11 is 6.09. The Morgan fingerprint density at radius 2 is 2.12 bits per heavy atom. The molecule has 0 saturated heterocycles. The van der Waals surface area contributed by atoms with Gasteiger partial charge in [-0.05, 0) is 25.5 Å². The topological polar surface area (TPSA) is 41.5 Å². The number of halogens is 1. The van der Waals surface area contributed by atoms with Crippen molar-refractivity contribution in [2.75, 3.05) is 19.8 Å². The van der Waals surface area contributed by atoms with E-state index >= 15 is 0 Å². The highest BCUT2D eigenvalue weighted by molar-refractivity contribution is 6.31. The third-order valence-corrected chi connectivity index (χ3v) is 2.89. The molecule has 0 spiro atoms. The van der Waals surface area contributed by atoms with Crippen LogP contribution < -0.4 is 5.32 Å². The fourth-order valence-corrected chi connectivity index (χ4v) is 1.86. The molecule has 1 aromatic rings. The van der Waals surface area contributed by atoms with Gasteiger partial charge < -0.3 is 15.2 Å². The first-order valence-electron chi connectivity index (χ1n) is 5.88. The largest absolute Gasteiger partial charge is 0.389 e. The maximum Gasteiger partial charge on any atom is 0.0897 e. The van der Waals surface area contributed by atoms with Gasteiger partial charge >= 0.3 is 0 Å². The van der Waals surface area contributed by atoms with E-state index in [0.29, 0.717) is 19.8 Å². The summed E-state index contributed by atoms with van der Waals surface area (Å²) in [7, 11) is 0. The zero-order valence-electron chi connectivity index (χ0n) is 10.3. The molecule has 3 nitrogen and oxygen atoms in total. The molecule has 0 aromatic heterocycles. The van der Waals surface area contributed by atoms with Crippen LogP contribution in [-0.4, -0.2) is 31.0 Å². The third-order valence-electron chi connectivity index (χ3n) is 2.55. The van der Waals surface area contributed by atoms with Crippen LogP contribution in [-0.2, 0) is 4.74 Å². The lowest BCUT2D eigenvalue weighted by Gasteiger charge is -2.18. The van der Waals surface area contributed by atoms with Crippen LogP contribution in [0.15, 0.2) is 24.3 Å². The number of hydrogen-bond donors (Lipinski definition) is 2. The SMILES string of the molecule is CCOCC(O)CN[C@@H](C)c1ccccc1Cl. The van der Waals surface area contributed by atoms with E-state index in [1.807, 2.05) is 38.1 Å². The monoisotopic (exact) mass is 257 g/mol. The summed E-state index contributed by atoms with van der Waals surface area (Å²) in [5.41, 5.74) is 1.04. The number of hydrogen-bond acceptors (Lipinski definition) is 3. The second-order valence-corrected chi connectivity index (χ2v) is 4.37. The number of aliphatic hydroxyl groups is 1. The lowest BCUT2D eigenvalue weighted by Crippen LogP contribution is -2.32. The molecule has 1 rings (SSSR count). The van der Waals surface area contributed by atoms with Crippen molar-refractivity contribution < 1.29 is 9.84 Å². The number of nitrogens with one attached hydrogen (secondary N) is 1. The highest BCUT2D eigenvalue weighted by Crippen LogP contribution is 2.21. The molecule has 0 amide bonds. The summed E-state index contributed by atoms with van der Waals surface area (Å²) in [6.45, 7) is 5.41. The molecule has 0 heterocycles. The minimum Gasteiger partial charge on any atom is -0.389 e. The van der Waals surface area contributed by atoms with Gasteiger partial charge in [0.2, 0.25) is 0 Å². The van der Waals surface area contributed by atoms with E-state index in [1.165, 1.54) is 0 Å². The van der Waals surface area contributed by atoms with Crippen molar-refractivity contribution in [3.05, 3.63) is 34.9 Å². The van der Waals surface area contributed by atoms with Crippen LogP contribution in [0.2, 0.25) is 5.02 Å². The molecule has 0 saturated carbocycles. The fraction of sp³-hybridized carbons (Fsp3) is 0.538. The molecule has 0 radical (unpaired) electrons. The average molecular weight is 258 g/mol. The Morgan fingerprint density at radius 1 is 1.41 bits per heavy atom. The van der Waals surface area contributed by atoms with Gasteiger partial charge in [-0.3, -0.25) is 0 Å². The third kappa shape index (κ3) is 5.04. The Morgan fingerprint density at radius 3 is 2.76 bits per heavy atom. The minimum atomic E-state index is -0.486. The zero-order valence-corrected chi connectivity index (χ0v) is 11.1. The van der Waals surface area contributed by atoms with Gasteiger partial charge in [0, 0.05) is 24.2 Å². The van der Waals surface area contributed by atoms with Gasteiger partial charge in [0.15, 0.2) is 0 Å². The molecule has 17 heavy (non-hydrogen) atoms. The zero-order chi connectivity index (χ0) is 12.7. The minimum absolute atomic E-state index is 0.111. The maximum absolute atomic E-state index is 9.62. The lowest BCUT2D eigenvalue weighted by molar-refractivity contribution is 0.0416. The van der Waals surface area contributed by atoms with Crippen LogP contribution in [0, 0.1) is 0 Å². The molecule has 0 fully saturated rings. The molecule has 2 N–H and O–H groups in total. The van der Waals surface area contributed by atoms with Crippen molar-refractivity contribution in [1.29, 1.82) is 0 Å². The van der Waals surface area contributed by atoms with Gasteiger partial charge in [0.1, 0.15) is 0 Å². The summed E-state index contributed by atoms with van der Waals surface area (Å²) in [6.07, 6.45) is -0.486. The van der Waals surface area contributed by atoms with Crippen molar-refractivity contribution in [3.63, 3.8) is 0 Å². The van der Waals surface area contributed by atoms with Crippen LogP contribution in [0.1, 0.15) is 25.5 Å². The summed E-state index contributed by atoms with van der Waals surface area (Å²) in [6, 6.07) is 7.82. The Kier molecular flexibility index (Phi) is 6.52. The van der Waals surface area contributed by atoms with Crippen molar-refractivity contribution in [2.24, 2.45) is 0 Å². The van der Waals surface area contributed by atoms with Crippen LogP contribution in [0.25, 0.3) is 0 Å². The number of ether oxygens (including phenoxy) is 1. The Balaban J connectivity index is 2.39. The summed E-state index contributed by atoms with van der Waals surface area (Å²) < 4.78 is 5.14. The fourth-order valence-electron chi connectivity index (χ4n) is 1.56. The van der Waals surface area contributed by atoms with Gasteiger partial charge in [-0.1, -0.05) is 29.8 Å². The van der Waals surface area contributed by atoms with Crippen LogP contribution in [0.3, 0.4) is 0 Å². The van der Waals surface area contributed by atoms with E-state index in [1.54, 1.807) is 0 Å². The lowest BCUT2D eigenvalue weighted by atomic mass is 10.1. The van der Waals surface area contributed by atoms with Crippen molar-refractivity contribution >= 4 is 11.6 Å². The first kappa shape index (κ1) is 14.5. The first-order chi connectivity index (χ1) is 8.15. The van der Waals surface area contributed by atoms with Gasteiger partial charge in [-0.2, -0.15) is 0 Å². The Bertz CT molecular complexity index is 333. The van der Waals surface area contributed by atoms with Gasteiger partial charge in [-0.25, -0.2) is 0 Å². The predicted octanol–water partition coefficient (Wildman–Crippen LogP) is 2.39. The van der Waals surface area contributed by atoms with E-state index in [4.69, 9.17) is 16.3 Å². The van der Waals surface area contributed by atoms with Gasteiger partial charge in [0.05, 0.1) is 12.7 Å². The molecule has 96 valence electrons. The molecule has 2 atom stereocenters. The molecular weight excluding hydrogens is 238 g/mol. The molecule has 4 heteroatoms. The summed E-state index contributed by atoms with van der Waals surface area (Å²) in [5.74, 6) is 0. The second-order valence-electron chi connectivity index (χ2n) is 3.96. The molecule has 0 aliphatic carbocycles. The summed E-state index contributed by atoms with van der Waals surface area (Å²) in [5, 5.41) is 13.6. The maximum atomic E-state index is 9.62. The van der Waals surface area contributed by atoms with Gasteiger partial charge in [0.25, 0.3) is 0 Å². The first-order valence-corrected chi connectivity index (χ1v) is 6.26. The molecule has 0 aliphatic heterocycles. The Hall–Kier alpha value is -0.610. The summed E-state index contributed by atoms with van der Waals surface area (Å²) in [4.78, 5) is 0. The van der Waals surface area contributed by atoms with Crippen LogP contribution in [0.4, 0.5) is 0 Å². The normalized spacial score (nSPS) is 14.6. The van der Waals surface area contributed by atoms with E-state index < -0.39 is 6.10 Å².